The Labute approximate surface area is 82.8 Å². The zero-order chi connectivity index (χ0) is 9.97. The van der Waals surface area contributed by atoms with E-state index < -0.39 is 0 Å². The van der Waals surface area contributed by atoms with Gasteiger partial charge in [0.25, 0.3) is 0 Å². The van der Waals surface area contributed by atoms with Gasteiger partial charge in [0.1, 0.15) is 5.76 Å². The summed E-state index contributed by atoms with van der Waals surface area (Å²) in [5.41, 5.74) is 1.94. The lowest BCUT2D eigenvalue weighted by molar-refractivity contribution is 0.539. The molecule has 0 atom stereocenters. The van der Waals surface area contributed by atoms with E-state index >= 15 is 0 Å². The van der Waals surface area contributed by atoms with Crippen LogP contribution in [0, 0.1) is 6.92 Å². The number of rotatable bonds is 2. The van der Waals surface area contributed by atoms with Crippen LogP contribution in [0.5, 0.6) is 0 Å². The number of hydrogen-bond donors (Lipinski definition) is 0. The summed E-state index contributed by atoms with van der Waals surface area (Å²) < 4.78 is 5.54. The van der Waals surface area contributed by atoms with E-state index in [1.165, 1.54) is 0 Å². The minimum absolute atomic E-state index is 0.660. The molecule has 0 amide bonds. The van der Waals surface area contributed by atoms with Crippen molar-refractivity contribution in [3.05, 3.63) is 36.0 Å². The van der Waals surface area contributed by atoms with E-state index in [0.29, 0.717) is 5.89 Å². The van der Waals surface area contributed by atoms with Gasteiger partial charge in [0.2, 0.25) is 5.89 Å². The molecule has 2 heterocycles. The molecule has 2 aromatic heterocycles. The summed E-state index contributed by atoms with van der Waals surface area (Å²) in [5, 5.41) is 0. The molecule has 0 N–H and O–H groups in total. The Morgan fingerprint density at radius 1 is 1.43 bits per heavy atom. The highest BCUT2D eigenvalue weighted by atomic mass is 16.4. The smallest absolute Gasteiger partial charge is 0.228 e. The van der Waals surface area contributed by atoms with Crippen LogP contribution < -0.4 is 0 Å². The molecule has 72 valence electrons. The van der Waals surface area contributed by atoms with E-state index in [4.69, 9.17) is 4.42 Å². The van der Waals surface area contributed by atoms with Crippen LogP contribution in [-0.4, -0.2) is 9.97 Å². The van der Waals surface area contributed by atoms with Crippen LogP contribution in [0.2, 0.25) is 0 Å². The van der Waals surface area contributed by atoms with Gasteiger partial charge in [-0.2, -0.15) is 0 Å². The number of pyridine rings is 1. The normalized spacial score (nSPS) is 10.4. The number of nitrogens with zero attached hydrogens (tertiary/aromatic N) is 2. The summed E-state index contributed by atoms with van der Waals surface area (Å²) >= 11 is 0. The fourth-order valence-electron chi connectivity index (χ4n) is 1.37. The molecule has 0 aliphatic rings. The second-order valence-corrected chi connectivity index (χ2v) is 3.12. The van der Waals surface area contributed by atoms with Crippen molar-refractivity contribution >= 4 is 0 Å². The van der Waals surface area contributed by atoms with Crippen molar-refractivity contribution in [1.82, 2.24) is 9.97 Å². The lowest BCUT2D eigenvalue weighted by Gasteiger charge is -1.91. The third kappa shape index (κ3) is 1.53. The summed E-state index contributed by atoms with van der Waals surface area (Å²) in [5.74, 6) is 1.55. The Bertz CT molecular complexity index is 420. The fraction of sp³-hybridized carbons (Fsp3) is 0.273. The standard InChI is InChI=1S/C11H12N2O/c1-3-10-8(2)14-11(13-10)9-5-4-6-12-7-9/h4-7H,3H2,1-2H3. The topological polar surface area (TPSA) is 38.9 Å². The van der Waals surface area contributed by atoms with Gasteiger partial charge in [0.15, 0.2) is 0 Å². The summed E-state index contributed by atoms with van der Waals surface area (Å²) in [6, 6.07) is 3.82. The molecule has 0 saturated heterocycles. The predicted octanol–water partition coefficient (Wildman–Crippen LogP) is 2.61. The first-order valence-electron chi connectivity index (χ1n) is 4.68. The van der Waals surface area contributed by atoms with E-state index in [-0.39, 0.29) is 0 Å². The summed E-state index contributed by atoms with van der Waals surface area (Å²) in [4.78, 5) is 8.42. The van der Waals surface area contributed by atoms with E-state index in [1.807, 2.05) is 19.1 Å². The molecule has 0 unspecified atom stereocenters. The first-order valence-corrected chi connectivity index (χ1v) is 4.68. The zero-order valence-electron chi connectivity index (χ0n) is 8.32. The highest BCUT2D eigenvalue weighted by Crippen LogP contribution is 2.20. The number of aryl methyl sites for hydroxylation is 2. The number of hydrogen-bond acceptors (Lipinski definition) is 3. The SMILES string of the molecule is CCc1nc(-c2cccnc2)oc1C. The molecule has 0 aliphatic heterocycles. The van der Waals surface area contributed by atoms with Gasteiger partial charge in [-0.25, -0.2) is 4.98 Å². The Morgan fingerprint density at radius 2 is 2.29 bits per heavy atom. The molecule has 0 aromatic carbocycles. The summed E-state index contributed by atoms with van der Waals surface area (Å²) in [6.45, 7) is 4.00. The average molecular weight is 188 g/mol. The van der Waals surface area contributed by atoms with Gasteiger partial charge in [0, 0.05) is 12.4 Å². The molecule has 0 bridgehead atoms. The van der Waals surface area contributed by atoms with E-state index in [9.17, 15) is 0 Å². The van der Waals surface area contributed by atoms with Crippen molar-refractivity contribution in [1.29, 1.82) is 0 Å². The van der Waals surface area contributed by atoms with E-state index in [2.05, 4.69) is 16.9 Å². The molecule has 14 heavy (non-hydrogen) atoms. The molecule has 3 heteroatoms. The van der Waals surface area contributed by atoms with E-state index in [1.54, 1.807) is 12.4 Å². The van der Waals surface area contributed by atoms with Crippen LogP contribution in [0.3, 0.4) is 0 Å². The number of aromatic nitrogens is 2. The van der Waals surface area contributed by atoms with Gasteiger partial charge in [-0.05, 0) is 25.5 Å². The average Bonchev–Trinajstić information content (AvgIpc) is 2.61. The minimum Gasteiger partial charge on any atom is -0.441 e. The Kier molecular flexibility index (Phi) is 2.31. The first-order chi connectivity index (χ1) is 6.81. The van der Waals surface area contributed by atoms with Crippen LogP contribution in [0.1, 0.15) is 18.4 Å². The summed E-state index contributed by atoms with van der Waals surface area (Å²) in [6.07, 6.45) is 4.39. The van der Waals surface area contributed by atoms with Gasteiger partial charge in [0.05, 0.1) is 11.3 Å². The Morgan fingerprint density at radius 3 is 2.86 bits per heavy atom. The van der Waals surface area contributed by atoms with Crippen molar-refractivity contribution in [3.8, 4) is 11.5 Å². The quantitative estimate of drug-likeness (QED) is 0.727. The largest absolute Gasteiger partial charge is 0.441 e. The van der Waals surface area contributed by atoms with Crippen molar-refractivity contribution in [2.24, 2.45) is 0 Å². The maximum absolute atomic E-state index is 5.54. The summed E-state index contributed by atoms with van der Waals surface area (Å²) in [7, 11) is 0. The molecular formula is C11H12N2O. The predicted molar refractivity (Wildman–Crippen MR) is 53.8 cm³/mol. The second-order valence-electron chi connectivity index (χ2n) is 3.12. The molecule has 0 spiro atoms. The molecular weight excluding hydrogens is 176 g/mol. The minimum atomic E-state index is 0.660. The molecule has 0 saturated carbocycles. The van der Waals surface area contributed by atoms with Crippen LogP contribution in [0.15, 0.2) is 28.9 Å². The molecule has 2 aromatic rings. The highest BCUT2D eigenvalue weighted by molar-refractivity contribution is 5.51. The number of oxazole rings is 1. The third-order valence-electron chi connectivity index (χ3n) is 2.14. The zero-order valence-corrected chi connectivity index (χ0v) is 8.32. The Hall–Kier alpha value is -1.64. The van der Waals surface area contributed by atoms with Gasteiger partial charge in [-0.3, -0.25) is 4.98 Å². The molecule has 0 radical (unpaired) electrons. The maximum Gasteiger partial charge on any atom is 0.228 e. The van der Waals surface area contributed by atoms with Crippen LogP contribution in [-0.2, 0) is 6.42 Å². The van der Waals surface area contributed by atoms with Crippen molar-refractivity contribution in [2.45, 2.75) is 20.3 Å². The van der Waals surface area contributed by atoms with Crippen molar-refractivity contribution < 1.29 is 4.42 Å². The van der Waals surface area contributed by atoms with Gasteiger partial charge >= 0.3 is 0 Å². The molecule has 0 fully saturated rings. The van der Waals surface area contributed by atoms with Crippen LogP contribution in [0.4, 0.5) is 0 Å². The maximum atomic E-state index is 5.54. The first kappa shape index (κ1) is 8.94. The monoisotopic (exact) mass is 188 g/mol. The van der Waals surface area contributed by atoms with Crippen LogP contribution in [0.25, 0.3) is 11.5 Å². The van der Waals surface area contributed by atoms with Crippen LogP contribution >= 0.6 is 0 Å². The lowest BCUT2D eigenvalue weighted by atomic mass is 10.3. The fourth-order valence-corrected chi connectivity index (χ4v) is 1.37. The third-order valence-corrected chi connectivity index (χ3v) is 2.14. The van der Waals surface area contributed by atoms with Gasteiger partial charge in [-0.1, -0.05) is 6.92 Å². The van der Waals surface area contributed by atoms with E-state index in [0.717, 1.165) is 23.4 Å². The van der Waals surface area contributed by atoms with Gasteiger partial charge in [-0.15, -0.1) is 0 Å². The van der Waals surface area contributed by atoms with Gasteiger partial charge < -0.3 is 4.42 Å². The molecule has 0 aliphatic carbocycles. The molecule has 3 nitrogen and oxygen atoms in total. The molecule has 2 rings (SSSR count). The van der Waals surface area contributed by atoms with Crippen molar-refractivity contribution in [3.63, 3.8) is 0 Å². The van der Waals surface area contributed by atoms with Crippen molar-refractivity contribution in [2.75, 3.05) is 0 Å². The second kappa shape index (κ2) is 3.62. The highest BCUT2D eigenvalue weighted by Gasteiger charge is 2.08. The Balaban J connectivity index is 2.43. The lowest BCUT2D eigenvalue weighted by Crippen LogP contribution is -1.82.